The molecular formula is C50H54F12N6O4. The predicted octanol–water partition coefficient (Wildman–Crippen LogP) is 10.1. The number of hydrogen-bond acceptors (Lipinski definition) is 6. The van der Waals surface area contributed by atoms with Crippen molar-refractivity contribution in [2.45, 2.75) is 114 Å². The van der Waals surface area contributed by atoms with Gasteiger partial charge in [-0.2, -0.15) is 52.7 Å². The number of nitrogens with one attached hydrogen (secondary N) is 4. The van der Waals surface area contributed by atoms with E-state index in [9.17, 15) is 71.9 Å². The van der Waals surface area contributed by atoms with Gasteiger partial charge in [-0.15, -0.1) is 0 Å². The molecule has 0 saturated carbocycles. The zero-order valence-electron chi connectivity index (χ0n) is 39.1. The summed E-state index contributed by atoms with van der Waals surface area (Å²) in [4.78, 5) is 53.6. The lowest BCUT2D eigenvalue weighted by Gasteiger charge is -2.37. The lowest BCUT2D eigenvalue weighted by Crippen LogP contribution is -2.48. The number of alkyl halides is 12. The summed E-state index contributed by atoms with van der Waals surface area (Å²) >= 11 is 0. The molecule has 2 heterocycles. The maximum atomic E-state index is 13.2. The van der Waals surface area contributed by atoms with E-state index in [2.05, 4.69) is 21.3 Å². The van der Waals surface area contributed by atoms with E-state index < -0.39 is 83.9 Å². The summed E-state index contributed by atoms with van der Waals surface area (Å²) in [6.07, 6.45) is -16.7. The van der Waals surface area contributed by atoms with Gasteiger partial charge in [0.1, 0.15) is 12.1 Å². The van der Waals surface area contributed by atoms with E-state index in [4.69, 9.17) is 0 Å². The van der Waals surface area contributed by atoms with Crippen LogP contribution < -0.4 is 21.3 Å². The highest BCUT2D eigenvalue weighted by Gasteiger charge is 2.39. The molecule has 0 bridgehead atoms. The Hall–Kier alpha value is -6.16. The van der Waals surface area contributed by atoms with E-state index in [1.165, 1.54) is 0 Å². The minimum Gasteiger partial charge on any atom is -0.353 e. The first kappa shape index (κ1) is 56.8. The quantitative estimate of drug-likeness (QED) is 0.0934. The molecule has 6 rings (SSSR count). The van der Waals surface area contributed by atoms with Crippen LogP contribution >= 0.6 is 0 Å². The molecule has 72 heavy (non-hydrogen) atoms. The summed E-state index contributed by atoms with van der Waals surface area (Å²) in [5.41, 5.74) is -5.06. The van der Waals surface area contributed by atoms with Crippen molar-refractivity contribution in [2.24, 2.45) is 0 Å². The largest absolute Gasteiger partial charge is 0.416 e. The second kappa shape index (κ2) is 24.5. The number of amides is 4. The second-order valence-corrected chi connectivity index (χ2v) is 17.4. The van der Waals surface area contributed by atoms with Crippen molar-refractivity contribution in [3.05, 3.63) is 142 Å². The Morgan fingerprint density at radius 1 is 0.472 bits per heavy atom. The summed E-state index contributed by atoms with van der Waals surface area (Å²) in [5.74, 6) is -1.21. The third-order valence-corrected chi connectivity index (χ3v) is 12.1. The maximum absolute atomic E-state index is 13.2. The summed E-state index contributed by atoms with van der Waals surface area (Å²) in [6, 6.07) is 18.4. The molecule has 0 radical (unpaired) electrons. The van der Waals surface area contributed by atoms with Gasteiger partial charge in [-0.05, 0) is 84.3 Å². The van der Waals surface area contributed by atoms with E-state index in [-0.39, 0.29) is 47.2 Å². The molecule has 2 atom stereocenters. The van der Waals surface area contributed by atoms with E-state index >= 15 is 0 Å². The Balaban J connectivity index is 0.000000267. The zero-order chi connectivity index (χ0) is 53.0. The monoisotopic (exact) mass is 1030 g/mol. The van der Waals surface area contributed by atoms with Crippen LogP contribution in [-0.2, 0) is 57.0 Å². The molecule has 4 N–H and O–H groups in total. The van der Waals surface area contributed by atoms with Gasteiger partial charge in [-0.25, -0.2) is 0 Å². The van der Waals surface area contributed by atoms with Crippen molar-refractivity contribution < 1.29 is 71.9 Å². The number of rotatable bonds is 14. The molecule has 0 aliphatic carbocycles. The Kier molecular flexibility index (Phi) is 19.3. The Morgan fingerprint density at radius 3 is 1.00 bits per heavy atom. The van der Waals surface area contributed by atoms with Crippen molar-refractivity contribution in [1.29, 1.82) is 0 Å². The van der Waals surface area contributed by atoms with Crippen LogP contribution in [0.1, 0.15) is 109 Å². The molecule has 4 aromatic carbocycles. The Morgan fingerprint density at radius 2 is 0.750 bits per heavy atom. The number of likely N-dealkylation sites (tertiary alicyclic amines) is 2. The number of carbonyl (C=O) groups is 4. The molecule has 392 valence electrons. The lowest BCUT2D eigenvalue weighted by molar-refractivity contribution is -0.144. The molecule has 10 nitrogen and oxygen atoms in total. The maximum Gasteiger partial charge on any atom is 0.416 e. The highest BCUT2D eigenvalue weighted by Crippen LogP contribution is 2.38. The van der Waals surface area contributed by atoms with Gasteiger partial charge < -0.3 is 21.3 Å². The van der Waals surface area contributed by atoms with E-state index in [0.717, 1.165) is 0 Å². The summed E-state index contributed by atoms with van der Waals surface area (Å²) in [7, 11) is 0. The van der Waals surface area contributed by atoms with E-state index in [1.54, 1.807) is 74.5 Å². The SMILES string of the molecule is CCC(=O)NC1CCN(C(C(=O)NCc2cc(C(F)(F)F)cc(C(F)(F)F)c2)c2ccccc2)CC1.CCC(=O)NC1CCN(C(C(=O)NCc2cc(C(F)(F)F)cc(C(F)(F)F)c2)c2ccccc2)CC1. The molecule has 2 saturated heterocycles. The van der Waals surface area contributed by atoms with Crippen LogP contribution in [0.2, 0.25) is 0 Å². The van der Waals surface area contributed by atoms with Crippen LogP contribution in [0.15, 0.2) is 97.1 Å². The standard InChI is InChI=1S/2C25H27F6N3O2/c2*1-2-21(35)33-20-8-10-34(11-9-20)22(17-6-4-3-5-7-17)23(36)32-15-16-12-18(24(26,27)28)14-19(13-16)25(29,30)31/h2*3-7,12-14,20,22H,2,8-11,15H2,1H3,(H,32,36)(H,33,35). The minimum absolute atomic E-state index is 0.0286. The fraction of sp³-hybridized carbons (Fsp3) is 0.440. The molecule has 0 spiro atoms. The number of nitrogens with zero attached hydrogens (tertiary/aromatic N) is 2. The number of piperidine rings is 2. The van der Waals surface area contributed by atoms with Gasteiger partial charge in [0.05, 0.1) is 22.3 Å². The van der Waals surface area contributed by atoms with Gasteiger partial charge in [0.15, 0.2) is 0 Å². The van der Waals surface area contributed by atoms with Crippen molar-refractivity contribution in [3.63, 3.8) is 0 Å². The molecule has 2 unspecified atom stereocenters. The van der Waals surface area contributed by atoms with Crippen LogP contribution in [0.4, 0.5) is 52.7 Å². The van der Waals surface area contributed by atoms with Gasteiger partial charge in [-0.1, -0.05) is 74.5 Å². The van der Waals surface area contributed by atoms with Crippen LogP contribution in [0, 0.1) is 0 Å². The summed E-state index contributed by atoms with van der Waals surface area (Å²) in [5, 5.41) is 10.9. The molecule has 4 aromatic rings. The van der Waals surface area contributed by atoms with Crippen molar-refractivity contribution >= 4 is 23.6 Å². The number of carbonyl (C=O) groups excluding carboxylic acids is 4. The first-order valence-corrected chi connectivity index (χ1v) is 23.1. The second-order valence-electron chi connectivity index (χ2n) is 17.4. The van der Waals surface area contributed by atoms with Crippen molar-refractivity contribution in [2.75, 3.05) is 26.2 Å². The Bertz CT molecular complexity index is 2200. The highest BCUT2D eigenvalue weighted by atomic mass is 19.4. The summed E-state index contributed by atoms with van der Waals surface area (Å²) < 4.78 is 158. The van der Waals surface area contributed by atoms with Gasteiger partial charge in [0, 0.05) is 64.2 Å². The van der Waals surface area contributed by atoms with Crippen LogP contribution in [-0.4, -0.2) is 71.7 Å². The topological polar surface area (TPSA) is 123 Å². The van der Waals surface area contributed by atoms with Gasteiger partial charge in [0.25, 0.3) is 0 Å². The first-order chi connectivity index (χ1) is 33.8. The third kappa shape index (κ3) is 16.4. The summed E-state index contributed by atoms with van der Waals surface area (Å²) in [6.45, 7) is 4.40. The van der Waals surface area contributed by atoms with E-state index in [1.807, 2.05) is 9.80 Å². The molecule has 0 aromatic heterocycles. The average Bonchev–Trinajstić information content (AvgIpc) is 3.33. The number of hydrogen-bond donors (Lipinski definition) is 4. The molecule has 22 heteroatoms. The average molecular weight is 1030 g/mol. The smallest absolute Gasteiger partial charge is 0.353 e. The predicted molar refractivity (Wildman–Crippen MR) is 241 cm³/mol. The fourth-order valence-corrected chi connectivity index (χ4v) is 8.40. The first-order valence-electron chi connectivity index (χ1n) is 23.1. The van der Waals surface area contributed by atoms with Crippen LogP contribution in [0.3, 0.4) is 0 Å². The van der Waals surface area contributed by atoms with Gasteiger partial charge in [0.2, 0.25) is 23.6 Å². The molecule has 2 aliphatic rings. The van der Waals surface area contributed by atoms with Gasteiger partial charge >= 0.3 is 24.7 Å². The van der Waals surface area contributed by atoms with Crippen molar-refractivity contribution in [1.82, 2.24) is 31.1 Å². The molecular weight excluding hydrogens is 977 g/mol. The zero-order valence-corrected chi connectivity index (χ0v) is 39.1. The van der Waals surface area contributed by atoms with Crippen LogP contribution in [0.5, 0.6) is 0 Å². The number of halogens is 12. The lowest BCUT2D eigenvalue weighted by atomic mass is 9.98. The minimum atomic E-state index is -4.97. The van der Waals surface area contributed by atoms with Crippen LogP contribution in [0.25, 0.3) is 0 Å². The molecule has 2 aliphatic heterocycles. The molecule has 4 amide bonds. The number of benzene rings is 4. The highest BCUT2D eigenvalue weighted by molar-refractivity contribution is 5.84. The fourth-order valence-electron chi connectivity index (χ4n) is 8.40. The third-order valence-electron chi connectivity index (χ3n) is 12.1. The van der Waals surface area contributed by atoms with Gasteiger partial charge in [-0.3, -0.25) is 29.0 Å². The van der Waals surface area contributed by atoms with E-state index in [0.29, 0.717) is 100 Å². The normalized spacial score (nSPS) is 16.4. The molecule has 2 fully saturated rings. The Labute approximate surface area is 407 Å². The van der Waals surface area contributed by atoms with Crippen molar-refractivity contribution in [3.8, 4) is 0 Å².